The highest BCUT2D eigenvalue weighted by Gasteiger charge is 2.21. The molecule has 1 aliphatic carbocycles. The van der Waals surface area contributed by atoms with Crippen LogP contribution >= 0.6 is 0 Å². The lowest BCUT2D eigenvalue weighted by Crippen LogP contribution is -2.31. The number of amides is 1. The molecule has 2 aromatic rings. The minimum Gasteiger partial charge on any atom is -0.358 e. The number of benzene rings is 1. The maximum atomic E-state index is 12.2. The van der Waals surface area contributed by atoms with Gasteiger partial charge in [0.2, 0.25) is 5.91 Å². The summed E-state index contributed by atoms with van der Waals surface area (Å²) in [4.78, 5) is 15.6. The first-order valence-corrected chi connectivity index (χ1v) is 7.59. The summed E-state index contributed by atoms with van der Waals surface area (Å²) >= 11 is 0. The Balaban J connectivity index is 1.70. The van der Waals surface area contributed by atoms with Crippen molar-refractivity contribution in [2.75, 3.05) is 0 Å². The number of H-pyrrole nitrogens is 1. The summed E-state index contributed by atoms with van der Waals surface area (Å²) in [7, 11) is 0. The van der Waals surface area contributed by atoms with Gasteiger partial charge >= 0.3 is 0 Å². The Morgan fingerprint density at radius 1 is 1.25 bits per heavy atom. The number of aromatic nitrogens is 1. The van der Waals surface area contributed by atoms with Crippen molar-refractivity contribution in [2.24, 2.45) is 5.92 Å². The fraction of sp³-hybridized carbons (Fsp3) is 0.471. The third kappa shape index (κ3) is 2.58. The van der Waals surface area contributed by atoms with Gasteiger partial charge in [0.15, 0.2) is 0 Å². The third-order valence-corrected chi connectivity index (χ3v) is 4.44. The largest absolute Gasteiger partial charge is 0.358 e. The van der Waals surface area contributed by atoms with Crippen LogP contribution in [0.2, 0.25) is 0 Å². The van der Waals surface area contributed by atoms with Gasteiger partial charge in [-0.25, -0.2) is 0 Å². The molecule has 3 heteroatoms. The van der Waals surface area contributed by atoms with E-state index in [1.54, 1.807) is 0 Å². The third-order valence-electron chi connectivity index (χ3n) is 4.44. The molecule has 1 saturated carbocycles. The zero-order valence-corrected chi connectivity index (χ0v) is 12.0. The van der Waals surface area contributed by atoms with E-state index >= 15 is 0 Å². The first-order valence-electron chi connectivity index (χ1n) is 7.59. The van der Waals surface area contributed by atoms with E-state index in [1.807, 2.05) is 12.1 Å². The lowest BCUT2D eigenvalue weighted by molar-refractivity contribution is -0.126. The minimum atomic E-state index is 0.231. The van der Waals surface area contributed by atoms with Gasteiger partial charge in [-0.05, 0) is 31.4 Å². The van der Waals surface area contributed by atoms with E-state index in [9.17, 15) is 4.79 Å². The van der Waals surface area contributed by atoms with Crippen LogP contribution < -0.4 is 5.32 Å². The van der Waals surface area contributed by atoms with E-state index in [1.165, 1.54) is 30.2 Å². The quantitative estimate of drug-likeness (QED) is 0.878. The van der Waals surface area contributed by atoms with Crippen molar-refractivity contribution >= 4 is 16.8 Å². The lowest BCUT2D eigenvalue weighted by atomic mass is 9.88. The normalized spacial score (nSPS) is 16.4. The predicted molar refractivity (Wildman–Crippen MR) is 81.5 cm³/mol. The molecule has 0 unspecified atom stereocenters. The molecule has 106 valence electrons. The first kappa shape index (κ1) is 13.2. The van der Waals surface area contributed by atoms with E-state index in [0.717, 1.165) is 24.1 Å². The Kier molecular flexibility index (Phi) is 3.77. The van der Waals surface area contributed by atoms with Crippen LogP contribution in [0, 0.1) is 12.8 Å². The van der Waals surface area contributed by atoms with Crippen LogP contribution in [0.15, 0.2) is 24.3 Å². The van der Waals surface area contributed by atoms with Crippen LogP contribution in [0.5, 0.6) is 0 Å². The number of hydrogen-bond acceptors (Lipinski definition) is 1. The van der Waals surface area contributed by atoms with Crippen molar-refractivity contribution in [2.45, 2.75) is 45.6 Å². The molecule has 0 aliphatic heterocycles. The number of carbonyl (C=O) groups excluding carboxylic acids is 1. The van der Waals surface area contributed by atoms with E-state index in [4.69, 9.17) is 0 Å². The number of nitrogens with one attached hydrogen (secondary N) is 2. The summed E-state index contributed by atoms with van der Waals surface area (Å²) in [6, 6.07) is 8.26. The second kappa shape index (κ2) is 5.70. The minimum absolute atomic E-state index is 0.231. The number of carbonyl (C=O) groups is 1. The van der Waals surface area contributed by atoms with Gasteiger partial charge in [0, 0.05) is 29.1 Å². The van der Waals surface area contributed by atoms with Gasteiger partial charge in [0.1, 0.15) is 0 Å². The van der Waals surface area contributed by atoms with Crippen LogP contribution in [-0.2, 0) is 11.3 Å². The maximum Gasteiger partial charge on any atom is 0.223 e. The Morgan fingerprint density at radius 2 is 2.00 bits per heavy atom. The number of aromatic amines is 1. The van der Waals surface area contributed by atoms with Crippen molar-refractivity contribution in [1.29, 1.82) is 0 Å². The summed E-state index contributed by atoms with van der Waals surface area (Å²) in [5.74, 6) is 0.462. The molecule has 1 aliphatic rings. The SMILES string of the molecule is Cc1[nH]c2ccccc2c1CNC(=O)C1CCCCC1. The average Bonchev–Trinajstić information content (AvgIpc) is 2.81. The van der Waals surface area contributed by atoms with E-state index < -0.39 is 0 Å². The zero-order valence-electron chi connectivity index (χ0n) is 12.0. The van der Waals surface area contributed by atoms with Gasteiger partial charge in [-0.3, -0.25) is 4.79 Å². The molecule has 1 amide bonds. The van der Waals surface area contributed by atoms with Crippen molar-refractivity contribution in [3.05, 3.63) is 35.5 Å². The van der Waals surface area contributed by atoms with Crippen LogP contribution in [0.1, 0.15) is 43.4 Å². The average molecular weight is 270 g/mol. The summed E-state index contributed by atoms with van der Waals surface area (Å²) in [6.07, 6.45) is 5.79. The Hall–Kier alpha value is -1.77. The molecule has 1 heterocycles. The van der Waals surface area contributed by atoms with Crippen LogP contribution in [0.4, 0.5) is 0 Å². The Labute approximate surface area is 119 Å². The van der Waals surface area contributed by atoms with Gasteiger partial charge < -0.3 is 10.3 Å². The Morgan fingerprint density at radius 3 is 2.80 bits per heavy atom. The molecule has 0 saturated heterocycles. The van der Waals surface area contributed by atoms with Gasteiger partial charge in [0.05, 0.1) is 0 Å². The van der Waals surface area contributed by atoms with Crippen molar-refractivity contribution in [3.63, 3.8) is 0 Å². The number of hydrogen-bond donors (Lipinski definition) is 2. The molecule has 1 aromatic carbocycles. The van der Waals surface area contributed by atoms with E-state index in [2.05, 4.69) is 29.4 Å². The predicted octanol–water partition coefficient (Wildman–Crippen LogP) is 3.67. The van der Waals surface area contributed by atoms with Crippen molar-refractivity contribution in [3.8, 4) is 0 Å². The molecule has 20 heavy (non-hydrogen) atoms. The van der Waals surface area contributed by atoms with Crippen LogP contribution in [0.3, 0.4) is 0 Å². The molecule has 0 spiro atoms. The molecule has 0 radical (unpaired) electrons. The van der Waals surface area contributed by atoms with Gasteiger partial charge in [-0.1, -0.05) is 37.5 Å². The molecule has 0 atom stereocenters. The number of para-hydroxylation sites is 1. The molecule has 1 fully saturated rings. The lowest BCUT2D eigenvalue weighted by Gasteiger charge is -2.20. The molecular weight excluding hydrogens is 248 g/mol. The van der Waals surface area contributed by atoms with E-state index in [0.29, 0.717) is 6.54 Å². The van der Waals surface area contributed by atoms with Crippen molar-refractivity contribution in [1.82, 2.24) is 10.3 Å². The number of fused-ring (bicyclic) bond motifs is 1. The zero-order chi connectivity index (χ0) is 13.9. The molecule has 0 bridgehead atoms. The highest BCUT2D eigenvalue weighted by molar-refractivity contribution is 5.85. The molecule has 1 aromatic heterocycles. The monoisotopic (exact) mass is 270 g/mol. The topological polar surface area (TPSA) is 44.9 Å². The molecular formula is C17H22N2O. The summed E-state index contributed by atoms with van der Waals surface area (Å²) in [5, 5.41) is 4.35. The summed E-state index contributed by atoms with van der Waals surface area (Å²) in [5.41, 5.74) is 3.51. The molecule has 2 N–H and O–H groups in total. The van der Waals surface area contributed by atoms with Gasteiger partial charge in [-0.2, -0.15) is 0 Å². The second-order valence-electron chi connectivity index (χ2n) is 5.83. The Bertz CT molecular complexity index is 608. The fourth-order valence-electron chi connectivity index (χ4n) is 3.25. The van der Waals surface area contributed by atoms with Gasteiger partial charge in [0.25, 0.3) is 0 Å². The smallest absolute Gasteiger partial charge is 0.223 e. The molecule has 3 nitrogen and oxygen atoms in total. The standard InChI is InChI=1S/C17H22N2O/c1-12-15(14-9-5-6-10-16(14)19-12)11-18-17(20)13-7-3-2-4-8-13/h5-6,9-10,13,19H,2-4,7-8,11H2,1H3,(H,18,20). The number of aryl methyl sites for hydroxylation is 1. The van der Waals surface area contributed by atoms with Crippen molar-refractivity contribution < 1.29 is 4.79 Å². The highest BCUT2D eigenvalue weighted by atomic mass is 16.1. The first-order chi connectivity index (χ1) is 9.75. The van der Waals surface area contributed by atoms with Gasteiger partial charge in [-0.15, -0.1) is 0 Å². The summed E-state index contributed by atoms with van der Waals surface area (Å²) < 4.78 is 0. The highest BCUT2D eigenvalue weighted by Crippen LogP contribution is 2.25. The van der Waals surface area contributed by atoms with Crippen LogP contribution in [0.25, 0.3) is 10.9 Å². The second-order valence-corrected chi connectivity index (χ2v) is 5.83. The maximum absolute atomic E-state index is 12.2. The molecule has 3 rings (SSSR count). The van der Waals surface area contributed by atoms with Crippen LogP contribution in [-0.4, -0.2) is 10.9 Å². The van der Waals surface area contributed by atoms with E-state index in [-0.39, 0.29) is 11.8 Å². The summed E-state index contributed by atoms with van der Waals surface area (Å²) in [6.45, 7) is 2.70. The fourth-order valence-corrected chi connectivity index (χ4v) is 3.25. The number of rotatable bonds is 3.